The van der Waals surface area contributed by atoms with Crippen LogP contribution in [0, 0.1) is 6.92 Å². The Morgan fingerprint density at radius 3 is 2.77 bits per heavy atom. The first-order valence-corrected chi connectivity index (χ1v) is 8.18. The van der Waals surface area contributed by atoms with Gasteiger partial charge in [0.05, 0.1) is 17.1 Å². The molecule has 0 bridgehead atoms. The lowest BCUT2D eigenvalue weighted by Gasteiger charge is -2.08. The number of hydrogen-bond donors (Lipinski definition) is 1. The van der Waals surface area contributed by atoms with Crippen molar-refractivity contribution in [2.45, 2.75) is 18.4 Å². The second kappa shape index (κ2) is 6.47. The highest BCUT2D eigenvalue weighted by Gasteiger charge is 2.17. The van der Waals surface area contributed by atoms with Gasteiger partial charge >= 0.3 is 5.97 Å². The van der Waals surface area contributed by atoms with Crippen molar-refractivity contribution in [3.63, 3.8) is 0 Å². The number of carbonyl (C=O) groups excluding carboxylic acids is 1. The van der Waals surface area contributed by atoms with Crippen LogP contribution in [0.2, 0.25) is 5.02 Å². The Hall–Kier alpha value is -1.90. The molecule has 0 spiro atoms. The highest BCUT2D eigenvalue weighted by Crippen LogP contribution is 2.21. The molecule has 1 heterocycles. The Morgan fingerprint density at radius 2 is 2.18 bits per heavy atom. The van der Waals surface area contributed by atoms with Gasteiger partial charge in [-0.15, -0.1) is 0 Å². The first-order chi connectivity index (χ1) is 10.3. The fraction of sp³-hybridized carbons (Fsp3) is 0.231. The van der Waals surface area contributed by atoms with Gasteiger partial charge in [0.2, 0.25) is 10.0 Å². The van der Waals surface area contributed by atoms with Gasteiger partial charge in [-0.3, -0.25) is 0 Å². The van der Waals surface area contributed by atoms with Crippen LogP contribution in [0.25, 0.3) is 0 Å². The highest BCUT2D eigenvalue weighted by molar-refractivity contribution is 7.89. The van der Waals surface area contributed by atoms with Crippen molar-refractivity contribution in [1.29, 1.82) is 0 Å². The van der Waals surface area contributed by atoms with E-state index in [1.807, 2.05) is 11.5 Å². The summed E-state index contributed by atoms with van der Waals surface area (Å²) in [7, 11) is -4.00. The number of rotatable bonds is 5. The molecule has 9 heteroatoms. The Bertz CT molecular complexity index is 801. The van der Waals surface area contributed by atoms with E-state index in [0.717, 1.165) is 11.9 Å². The first-order valence-electron chi connectivity index (χ1n) is 6.26. The molecule has 0 saturated carbocycles. The summed E-state index contributed by atoms with van der Waals surface area (Å²) < 4.78 is 29.7. The van der Waals surface area contributed by atoms with Crippen molar-refractivity contribution < 1.29 is 17.9 Å². The Kier molecular flexibility index (Phi) is 4.84. The van der Waals surface area contributed by atoms with E-state index in [9.17, 15) is 13.2 Å². The van der Waals surface area contributed by atoms with Gasteiger partial charge < -0.3 is 9.30 Å². The molecule has 2 aromatic rings. The quantitative estimate of drug-likeness (QED) is 0.825. The van der Waals surface area contributed by atoms with Gasteiger partial charge in [0.25, 0.3) is 0 Å². The van der Waals surface area contributed by atoms with Crippen molar-refractivity contribution in [3.05, 3.63) is 47.0 Å². The predicted molar refractivity (Wildman–Crippen MR) is 80.1 cm³/mol. The summed E-state index contributed by atoms with van der Waals surface area (Å²) >= 11 is 5.75. The molecule has 7 nitrogen and oxygen atoms in total. The second-order valence-corrected chi connectivity index (χ2v) is 6.43. The lowest BCUT2D eigenvalue weighted by Crippen LogP contribution is -2.15. The van der Waals surface area contributed by atoms with Gasteiger partial charge in [-0.2, -0.15) is 0 Å². The SMILES string of the molecule is Cc1nccn1CCOC(=O)c1ccc(Cl)c(S(N)(=O)=O)c1. The second-order valence-electron chi connectivity index (χ2n) is 4.49. The zero-order chi connectivity index (χ0) is 16.3. The van der Waals surface area contributed by atoms with E-state index in [1.165, 1.54) is 12.1 Å². The third-order valence-corrected chi connectivity index (χ3v) is 4.35. The molecular weight excluding hydrogens is 330 g/mol. The fourth-order valence-corrected chi connectivity index (χ4v) is 2.88. The molecule has 22 heavy (non-hydrogen) atoms. The molecule has 0 aliphatic carbocycles. The summed E-state index contributed by atoms with van der Waals surface area (Å²) in [5.41, 5.74) is 0.0655. The van der Waals surface area contributed by atoms with E-state index in [-0.39, 0.29) is 22.1 Å². The van der Waals surface area contributed by atoms with E-state index >= 15 is 0 Å². The number of aryl methyl sites for hydroxylation is 1. The lowest BCUT2D eigenvalue weighted by atomic mass is 10.2. The van der Waals surface area contributed by atoms with E-state index in [4.69, 9.17) is 21.5 Å². The third kappa shape index (κ3) is 3.85. The largest absolute Gasteiger partial charge is 0.460 e. The monoisotopic (exact) mass is 343 g/mol. The maximum absolute atomic E-state index is 11.9. The molecule has 0 atom stereocenters. The van der Waals surface area contributed by atoms with Crippen molar-refractivity contribution in [1.82, 2.24) is 9.55 Å². The number of hydrogen-bond acceptors (Lipinski definition) is 5. The number of primary sulfonamides is 1. The minimum Gasteiger partial charge on any atom is -0.460 e. The summed E-state index contributed by atoms with van der Waals surface area (Å²) in [5, 5.41) is 4.98. The highest BCUT2D eigenvalue weighted by atomic mass is 35.5. The van der Waals surface area contributed by atoms with Crippen LogP contribution in [0.15, 0.2) is 35.5 Å². The van der Waals surface area contributed by atoms with Crippen LogP contribution in [0.5, 0.6) is 0 Å². The van der Waals surface area contributed by atoms with Crippen LogP contribution < -0.4 is 5.14 Å². The molecule has 0 unspecified atom stereocenters. The Labute approximate surface area is 132 Å². The third-order valence-electron chi connectivity index (χ3n) is 2.96. The summed E-state index contributed by atoms with van der Waals surface area (Å²) in [5.74, 6) is 0.151. The van der Waals surface area contributed by atoms with Crippen LogP contribution in [0.4, 0.5) is 0 Å². The van der Waals surface area contributed by atoms with Crippen LogP contribution in [-0.4, -0.2) is 30.5 Å². The smallest absolute Gasteiger partial charge is 0.338 e. The molecule has 0 amide bonds. The molecule has 1 aromatic heterocycles. The van der Waals surface area contributed by atoms with E-state index in [1.54, 1.807) is 12.4 Å². The molecule has 2 rings (SSSR count). The van der Waals surface area contributed by atoms with Gasteiger partial charge in [0.1, 0.15) is 17.3 Å². The normalized spacial score (nSPS) is 11.4. The van der Waals surface area contributed by atoms with Gasteiger partial charge in [-0.05, 0) is 25.1 Å². The molecule has 0 radical (unpaired) electrons. The molecule has 0 aliphatic rings. The average molecular weight is 344 g/mol. The summed E-state index contributed by atoms with van der Waals surface area (Å²) in [6.07, 6.45) is 3.42. The zero-order valence-corrected chi connectivity index (χ0v) is 13.3. The molecular formula is C13H14ClN3O4S. The number of aromatic nitrogens is 2. The number of nitrogens with zero attached hydrogens (tertiary/aromatic N) is 2. The molecule has 118 valence electrons. The molecule has 0 saturated heterocycles. The number of ether oxygens (including phenoxy) is 1. The molecule has 1 aromatic carbocycles. The Morgan fingerprint density at radius 1 is 1.45 bits per heavy atom. The van der Waals surface area contributed by atoms with Crippen molar-refractivity contribution in [2.75, 3.05) is 6.61 Å². The lowest BCUT2D eigenvalue weighted by molar-refractivity contribution is 0.0490. The number of esters is 1. The van der Waals surface area contributed by atoms with Gasteiger partial charge in [0.15, 0.2) is 0 Å². The van der Waals surface area contributed by atoms with Gasteiger partial charge in [-0.1, -0.05) is 11.6 Å². The van der Waals surface area contributed by atoms with Crippen molar-refractivity contribution >= 4 is 27.6 Å². The maximum Gasteiger partial charge on any atom is 0.338 e. The number of nitrogens with two attached hydrogens (primary N) is 1. The van der Waals surface area contributed by atoms with E-state index < -0.39 is 16.0 Å². The number of sulfonamides is 1. The van der Waals surface area contributed by atoms with Crippen LogP contribution in [-0.2, 0) is 21.3 Å². The van der Waals surface area contributed by atoms with E-state index in [2.05, 4.69) is 4.98 Å². The summed E-state index contributed by atoms with van der Waals surface area (Å²) in [6, 6.07) is 3.77. The standard InChI is InChI=1S/C13H14ClN3O4S/c1-9-16-4-5-17(9)6-7-21-13(18)10-2-3-11(14)12(8-10)22(15,19)20/h2-5,8H,6-7H2,1H3,(H2,15,19,20). The van der Waals surface area contributed by atoms with E-state index in [0.29, 0.717) is 6.54 Å². The number of halogens is 1. The van der Waals surface area contributed by atoms with Crippen molar-refractivity contribution in [3.8, 4) is 0 Å². The summed E-state index contributed by atoms with van der Waals surface area (Å²) in [4.78, 5) is 15.7. The predicted octanol–water partition coefficient (Wildman–Crippen LogP) is 1.35. The molecule has 0 fully saturated rings. The van der Waals surface area contributed by atoms with Crippen LogP contribution >= 0.6 is 11.6 Å². The molecule has 0 aliphatic heterocycles. The average Bonchev–Trinajstić information content (AvgIpc) is 2.83. The molecule has 2 N–H and O–H groups in total. The number of imidazole rings is 1. The van der Waals surface area contributed by atoms with Gasteiger partial charge in [0, 0.05) is 12.4 Å². The minimum atomic E-state index is -4.00. The minimum absolute atomic E-state index is 0.0481. The first kappa shape index (κ1) is 16.5. The maximum atomic E-state index is 11.9. The van der Waals surface area contributed by atoms with Crippen LogP contribution in [0.3, 0.4) is 0 Å². The topological polar surface area (TPSA) is 104 Å². The summed E-state index contributed by atoms with van der Waals surface area (Å²) in [6.45, 7) is 2.41. The fourth-order valence-electron chi connectivity index (χ4n) is 1.81. The number of carbonyl (C=O) groups is 1. The van der Waals surface area contributed by atoms with Crippen molar-refractivity contribution in [2.24, 2.45) is 5.14 Å². The van der Waals surface area contributed by atoms with Crippen LogP contribution in [0.1, 0.15) is 16.2 Å². The Balaban J connectivity index is 2.06. The zero-order valence-electron chi connectivity index (χ0n) is 11.7. The van der Waals surface area contributed by atoms with Gasteiger partial charge in [-0.25, -0.2) is 23.3 Å². The number of benzene rings is 1.